The van der Waals surface area contributed by atoms with Gasteiger partial charge in [0.2, 0.25) is 5.91 Å². The Kier molecular flexibility index (Phi) is 11.2. The van der Waals surface area contributed by atoms with E-state index in [2.05, 4.69) is 17.2 Å². The van der Waals surface area contributed by atoms with Crippen LogP contribution in [0.4, 0.5) is 5.82 Å². The predicted octanol–water partition coefficient (Wildman–Crippen LogP) is 4.43. The zero-order valence-corrected chi connectivity index (χ0v) is 25.6. The highest BCUT2D eigenvalue weighted by Crippen LogP contribution is 2.41. The van der Waals surface area contributed by atoms with Gasteiger partial charge in [-0.3, -0.25) is 14.6 Å². The number of aryl methyl sites for hydroxylation is 2. The molecule has 2 aromatic heterocycles. The Balaban J connectivity index is 1.59. The highest BCUT2D eigenvalue weighted by atomic mass is 35.5. The Morgan fingerprint density at radius 3 is 2.63 bits per heavy atom. The van der Waals surface area contributed by atoms with E-state index in [1.165, 1.54) is 18.2 Å². The number of ether oxygens (including phenoxy) is 1. The fraction of sp³-hybridized carbons (Fsp3) is 0.414. The van der Waals surface area contributed by atoms with E-state index < -0.39 is 7.82 Å². The number of unbranched alkanes of at least 4 members (excludes halogenated alkanes) is 1. The van der Waals surface area contributed by atoms with Crippen LogP contribution in [0.3, 0.4) is 0 Å². The number of benzene rings is 2. The first-order chi connectivity index (χ1) is 20.6. The fourth-order valence-electron chi connectivity index (χ4n) is 4.86. The molecule has 4 aromatic rings. The van der Waals surface area contributed by atoms with Crippen LogP contribution in [0.1, 0.15) is 49.6 Å². The number of phosphoric acid groups is 1. The fourth-order valence-corrected chi connectivity index (χ4v) is 5.39. The largest absolute Gasteiger partial charge is 0.524 e. The van der Waals surface area contributed by atoms with E-state index in [0.717, 1.165) is 48.0 Å². The Morgan fingerprint density at radius 1 is 1.09 bits per heavy atom. The van der Waals surface area contributed by atoms with Crippen LogP contribution in [-0.4, -0.2) is 61.0 Å². The maximum atomic E-state index is 11.6. The molecular formula is C29H37ClN5O7P. The third kappa shape index (κ3) is 8.81. The van der Waals surface area contributed by atoms with Gasteiger partial charge in [0.05, 0.1) is 17.6 Å². The lowest BCUT2D eigenvalue weighted by Gasteiger charge is -2.16. The summed E-state index contributed by atoms with van der Waals surface area (Å²) in [5.74, 6) is 0.682. The first-order valence-electron chi connectivity index (χ1n) is 14.1. The summed E-state index contributed by atoms with van der Waals surface area (Å²) in [6, 6.07) is 10.1. The summed E-state index contributed by atoms with van der Waals surface area (Å²) in [4.78, 5) is 39.5. The molecule has 6 N–H and O–H groups in total. The van der Waals surface area contributed by atoms with Gasteiger partial charge in [-0.15, -0.1) is 11.6 Å². The van der Waals surface area contributed by atoms with Crippen molar-refractivity contribution in [2.75, 3.05) is 31.4 Å². The van der Waals surface area contributed by atoms with Crippen LogP contribution in [0.5, 0.6) is 11.5 Å². The third-order valence-electron chi connectivity index (χ3n) is 6.85. The average molecular weight is 634 g/mol. The number of anilines is 1. The maximum Gasteiger partial charge on any atom is 0.524 e. The molecule has 4 rings (SSSR count). The van der Waals surface area contributed by atoms with Crippen molar-refractivity contribution in [2.24, 2.45) is 0 Å². The number of phenols is 1. The van der Waals surface area contributed by atoms with Gasteiger partial charge in [0, 0.05) is 37.1 Å². The number of hydrogen-bond donors (Lipinski definition) is 5. The molecule has 43 heavy (non-hydrogen) atoms. The Hall–Kier alpha value is -3.41. The zero-order valence-electron chi connectivity index (χ0n) is 24.0. The second-order valence-electron chi connectivity index (χ2n) is 10.2. The molecule has 12 nitrogen and oxygen atoms in total. The average Bonchev–Trinajstić information content (AvgIpc) is 3.32. The number of alkyl halides is 1. The molecule has 2 heterocycles. The van der Waals surface area contributed by atoms with Crippen molar-refractivity contribution in [1.29, 1.82) is 0 Å². The summed E-state index contributed by atoms with van der Waals surface area (Å²) in [6.07, 6.45) is 4.74. The third-order valence-corrected chi connectivity index (χ3v) is 7.53. The van der Waals surface area contributed by atoms with Crippen LogP contribution in [0.15, 0.2) is 36.4 Å². The number of nitrogen functional groups attached to an aromatic ring is 1. The summed E-state index contributed by atoms with van der Waals surface area (Å²) >= 11 is 5.46. The molecule has 0 bridgehead atoms. The molecule has 0 atom stereocenters. The van der Waals surface area contributed by atoms with Crippen LogP contribution >= 0.6 is 19.4 Å². The van der Waals surface area contributed by atoms with Crippen molar-refractivity contribution >= 4 is 53.1 Å². The normalized spacial score (nSPS) is 11.8. The summed E-state index contributed by atoms with van der Waals surface area (Å²) in [6.45, 7) is 3.85. The van der Waals surface area contributed by atoms with Gasteiger partial charge in [-0.2, -0.15) is 0 Å². The van der Waals surface area contributed by atoms with Crippen LogP contribution in [0, 0.1) is 0 Å². The van der Waals surface area contributed by atoms with E-state index in [1.807, 2.05) is 22.8 Å². The molecule has 232 valence electrons. The second-order valence-corrected chi connectivity index (χ2v) is 11.6. The lowest BCUT2D eigenvalue weighted by molar-refractivity contribution is -0.118. The van der Waals surface area contributed by atoms with E-state index in [9.17, 15) is 24.3 Å². The summed E-state index contributed by atoms with van der Waals surface area (Å²) < 4.78 is 24.2. The van der Waals surface area contributed by atoms with Gasteiger partial charge in [-0.25, -0.2) is 14.5 Å². The molecule has 0 fully saturated rings. The van der Waals surface area contributed by atoms with Gasteiger partial charge < -0.3 is 30.0 Å². The number of phosphoric ester groups is 1. The molecular weight excluding hydrogens is 597 g/mol. The van der Waals surface area contributed by atoms with Gasteiger partial charge in [-0.05, 0) is 55.5 Å². The first-order valence-corrected chi connectivity index (χ1v) is 16.2. The molecule has 1 amide bonds. The van der Waals surface area contributed by atoms with Gasteiger partial charge in [-0.1, -0.05) is 25.5 Å². The number of halogens is 1. The topological polar surface area (TPSA) is 182 Å². The van der Waals surface area contributed by atoms with Crippen molar-refractivity contribution in [3.05, 3.63) is 53.3 Å². The molecule has 0 saturated carbocycles. The number of carbonyl (C=O) groups is 1. The number of hydrogen-bond acceptors (Lipinski definition) is 8. The van der Waals surface area contributed by atoms with Crippen molar-refractivity contribution < 1.29 is 33.5 Å². The van der Waals surface area contributed by atoms with Crippen LogP contribution in [-0.2, 0) is 33.5 Å². The number of nitrogens with one attached hydrogen (secondary N) is 1. The van der Waals surface area contributed by atoms with Gasteiger partial charge in [0.25, 0.3) is 0 Å². The molecule has 0 radical (unpaired) electrons. The Morgan fingerprint density at radius 2 is 1.88 bits per heavy atom. The standard InChI is InChI=1S/C29H37ClN5O7P/c1-2-3-7-25-34-27-28(35(25)18-20-16-21(36)9-11-24(20)42-43(38,39)40)22-10-8-19(15-23(22)33-29(27)31)6-4-13-41-14-5-12-32-26(37)17-30/h8-11,15-16,36H,2-7,12-14,17-18H2,1H3,(H2,31,33)(H,32,37)(H2,38,39,40). The van der Waals surface area contributed by atoms with Crippen molar-refractivity contribution in [3.8, 4) is 11.5 Å². The number of nitrogens with two attached hydrogens (primary N) is 1. The number of pyridine rings is 1. The molecule has 0 aliphatic carbocycles. The smallest absolute Gasteiger partial charge is 0.508 e. The molecule has 0 saturated heterocycles. The number of fused-ring (bicyclic) bond motifs is 3. The molecule has 2 aromatic carbocycles. The van der Waals surface area contributed by atoms with E-state index in [1.54, 1.807) is 0 Å². The molecule has 0 spiro atoms. The van der Waals surface area contributed by atoms with Gasteiger partial charge >= 0.3 is 7.82 Å². The number of phenolic OH excluding ortho intramolecular Hbond substituents is 1. The van der Waals surface area contributed by atoms with E-state index in [-0.39, 0.29) is 35.6 Å². The van der Waals surface area contributed by atoms with Gasteiger partial charge in [0.15, 0.2) is 5.82 Å². The van der Waals surface area contributed by atoms with Crippen molar-refractivity contribution in [1.82, 2.24) is 19.9 Å². The molecule has 0 aliphatic heterocycles. The SMILES string of the molecule is CCCCc1nc2c(N)nc3cc(CCCOCCCNC(=O)CCl)ccc3c2n1Cc1cc(O)ccc1OP(=O)(O)O. The summed E-state index contributed by atoms with van der Waals surface area (Å²) in [7, 11) is -4.84. The first kappa shape index (κ1) is 32.5. The number of nitrogens with zero attached hydrogens (tertiary/aromatic N) is 3. The number of aromatic hydroxyl groups is 1. The monoisotopic (exact) mass is 633 g/mol. The summed E-state index contributed by atoms with van der Waals surface area (Å²) in [5, 5.41) is 13.7. The zero-order chi connectivity index (χ0) is 31.0. The molecule has 14 heteroatoms. The minimum absolute atomic E-state index is 0.0368. The van der Waals surface area contributed by atoms with Crippen LogP contribution in [0.2, 0.25) is 0 Å². The highest BCUT2D eigenvalue weighted by molar-refractivity contribution is 7.46. The minimum atomic E-state index is -4.84. The van der Waals surface area contributed by atoms with Crippen LogP contribution in [0.25, 0.3) is 21.9 Å². The van der Waals surface area contributed by atoms with Gasteiger partial charge in [0.1, 0.15) is 28.7 Å². The Labute approximate surface area is 254 Å². The maximum absolute atomic E-state index is 11.6. The second kappa shape index (κ2) is 14.9. The quantitative estimate of drug-likeness (QED) is 0.0672. The lowest BCUT2D eigenvalue weighted by Crippen LogP contribution is -2.26. The summed E-state index contributed by atoms with van der Waals surface area (Å²) in [5.41, 5.74) is 9.84. The molecule has 0 unspecified atom stereocenters. The van der Waals surface area contributed by atoms with E-state index in [4.69, 9.17) is 31.6 Å². The molecule has 0 aliphatic rings. The highest BCUT2D eigenvalue weighted by Gasteiger charge is 2.22. The van der Waals surface area contributed by atoms with Crippen molar-refractivity contribution in [3.63, 3.8) is 0 Å². The van der Waals surface area contributed by atoms with Crippen LogP contribution < -0.4 is 15.6 Å². The number of aromatic nitrogens is 3. The number of carbonyl (C=O) groups excluding carboxylic acids is 1. The predicted molar refractivity (Wildman–Crippen MR) is 165 cm³/mol. The number of amides is 1. The lowest BCUT2D eigenvalue weighted by atomic mass is 10.1. The van der Waals surface area contributed by atoms with E-state index in [0.29, 0.717) is 49.2 Å². The van der Waals surface area contributed by atoms with E-state index >= 15 is 0 Å². The number of imidazole rings is 1. The van der Waals surface area contributed by atoms with Crippen molar-refractivity contribution in [2.45, 2.75) is 52.0 Å². The number of rotatable bonds is 16. The minimum Gasteiger partial charge on any atom is -0.508 e. The Bertz CT molecular complexity index is 1620.